The first-order chi connectivity index (χ1) is 11.1. The van der Waals surface area contributed by atoms with Crippen molar-refractivity contribution in [2.24, 2.45) is 0 Å². The summed E-state index contributed by atoms with van der Waals surface area (Å²) in [4.78, 5) is 28.4. The van der Waals surface area contributed by atoms with E-state index in [1.165, 1.54) is 4.90 Å². The van der Waals surface area contributed by atoms with E-state index in [9.17, 15) is 14.0 Å². The number of hydrogen-bond donors (Lipinski definition) is 2. The summed E-state index contributed by atoms with van der Waals surface area (Å²) in [7, 11) is 0. The minimum Gasteiger partial charge on any atom is -0.384 e. The molecule has 1 saturated heterocycles. The first-order valence-corrected chi connectivity index (χ1v) is 7.19. The molecule has 1 fully saturated rings. The predicted molar refractivity (Wildman–Crippen MR) is 80.1 cm³/mol. The number of halogens is 1. The van der Waals surface area contributed by atoms with Crippen LogP contribution in [0.15, 0.2) is 24.4 Å². The molecule has 2 amide bonds. The zero-order chi connectivity index (χ0) is 16.4. The van der Waals surface area contributed by atoms with E-state index < -0.39 is 24.0 Å². The number of hydrogen-bond acceptors (Lipinski definition) is 3. The quantitative estimate of drug-likeness (QED) is 0.544. The summed E-state index contributed by atoms with van der Waals surface area (Å²) in [6, 6.07) is 9.38. The molecule has 0 radical (unpaired) electrons. The van der Waals surface area contributed by atoms with Gasteiger partial charge in [-0.3, -0.25) is 9.59 Å². The van der Waals surface area contributed by atoms with Gasteiger partial charge in [-0.25, -0.2) is 4.39 Å². The Hall–Kier alpha value is -0.828. The number of fused-ring (bicyclic) bond motifs is 1. The minimum absolute atomic E-state index is 0. The van der Waals surface area contributed by atoms with Crippen LogP contribution in [0.5, 0.6) is 0 Å². The molecule has 1 aromatic carbocycles. The van der Waals surface area contributed by atoms with Crippen LogP contribution in [0.3, 0.4) is 0 Å². The molecule has 2 N–H and O–H groups in total. The van der Waals surface area contributed by atoms with E-state index in [-0.39, 0.29) is 88.4 Å². The summed E-state index contributed by atoms with van der Waals surface area (Å²) in [5.74, 6) is -0.870. The van der Waals surface area contributed by atoms with E-state index >= 15 is 0 Å². The van der Waals surface area contributed by atoms with Crippen molar-refractivity contribution in [3.05, 3.63) is 36.0 Å². The standard InChI is InChI=1S/C16H14FN4O2.Cs/c17-10-5-11(6-18)21(9-10)15(22)8-20-16(23)13-7-19-14-4-2-1-3-12(13)14;/h1-3,7,10-11,19H,5,8-9H2,(H,20,23);/q-1;+1/t10?,11-;/m0./s1. The molecule has 2 atom stereocenters. The Labute approximate surface area is 197 Å². The second-order valence-electron chi connectivity index (χ2n) is 5.37. The molecule has 3 rings (SSSR count). The molecule has 0 bridgehead atoms. The van der Waals surface area contributed by atoms with Crippen LogP contribution in [0.1, 0.15) is 16.8 Å². The number of carbonyl (C=O) groups excluding carboxylic acids is 2. The van der Waals surface area contributed by atoms with Crippen LogP contribution in [0.4, 0.5) is 4.39 Å². The van der Waals surface area contributed by atoms with E-state index in [0.29, 0.717) is 16.5 Å². The second kappa shape index (κ2) is 8.51. The summed E-state index contributed by atoms with van der Waals surface area (Å²) in [5, 5.41) is 12.2. The number of nitriles is 1. The van der Waals surface area contributed by atoms with Gasteiger partial charge in [0.2, 0.25) is 11.8 Å². The van der Waals surface area contributed by atoms with Crippen molar-refractivity contribution in [1.82, 2.24) is 15.2 Å². The fraction of sp³-hybridized carbons (Fsp3) is 0.312. The van der Waals surface area contributed by atoms with Crippen molar-refractivity contribution < 1.29 is 82.9 Å². The normalized spacial score (nSPS) is 19.6. The molecule has 24 heavy (non-hydrogen) atoms. The predicted octanol–water partition coefficient (Wildman–Crippen LogP) is -1.84. The second-order valence-corrected chi connectivity index (χ2v) is 5.37. The van der Waals surface area contributed by atoms with Gasteiger partial charge < -0.3 is 15.2 Å². The van der Waals surface area contributed by atoms with Crippen molar-refractivity contribution in [2.75, 3.05) is 13.1 Å². The first-order valence-electron chi connectivity index (χ1n) is 7.19. The van der Waals surface area contributed by atoms with Crippen LogP contribution in [0, 0.1) is 17.4 Å². The molecule has 1 aliphatic rings. The molecule has 6 nitrogen and oxygen atoms in total. The number of alkyl halides is 1. The van der Waals surface area contributed by atoms with Crippen molar-refractivity contribution in [3.8, 4) is 6.07 Å². The van der Waals surface area contributed by atoms with Gasteiger partial charge in [0.05, 0.1) is 19.2 Å². The van der Waals surface area contributed by atoms with Crippen LogP contribution in [-0.2, 0) is 4.79 Å². The van der Waals surface area contributed by atoms with Crippen LogP contribution < -0.4 is 74.2 Å². The van der Waals surface area contributed by atoms with Gasteiger partial charge in [-0.2, -0.15) is 29.5 Å². The van der Waals surface area contributed by atoms with E-state index in [4.69, 9.17) is 5.26 Å². The number of rotatable bonds is 3. The number of aromatic amines is 1. The molecule has 2 heterocycles. The van der Waals surface area contributed by atoms with Crippen LogP contribution in [0.2, 0.25) is 0 Å². The molecular formula is C16H14CsFN4O2. The molecule has 1 unspecified atom stereocenters. The number of para-hydroxylation sites is 1. The first kappa shape index (κ1) is 19.5. The van der Waals surface area contributed by atoms with Gasteiger partial charge in [0.15, 0.2) is 0 Å². The van der Waals surface area contributed by atoms with Gasteiger partial charge in [-0.05, 0) is 0 Å². The summed E-state index contributed by atoms with van der Waals surface area (Å²) in [5.41, 5.74) is 1.11. The zero-order valence-corrected chi connectivity index (χ0v) is 19.5. The van der Waals surface area contributed by atoms with Gasteiger partial charge in [0.25, 0.3) is 0 Å². The van der Waals surface area contributed by atoms with Gasteiger partial charge in [-0.1, -0.05) is 10.9 Å². The van der Waals surface area contributed by atoms with E-state index in [1.54, 1.807) is 24.4 Å². The van der Waals surface area contributed by atoms with Gasteiger partial charge in [0, 0.05) is 18.2 Å². The van der Waals surface area contributed by atoms with Crippen LogP contribution in [-0.4, -0.2) is 47.0 Å². The molecule has 1 aliphatic heterocycles. The third-order valence-corrected chi connectivity index (χ3v) is 3.87. The van der Waals surface area contributed by atoms with E-state index in [1.807, 2.05) is 6.07 Å². The summed E-state index contributed by atoms with van der Waals surface area (Å²) in [6.45, 7) is -0.373. The maximum absolute atomic E-state index is 13.3. The number of amides is 2. The molecule has 2 aromatic rings. The van der Waals surface area contributed by atoms with Crippen molar-refractivity contribution in [3.63, 3.8) is 0 Å². The Bertz CT molecular complexity index is 801. The summed E-state index contributed by atoms with van der Waals surface area (Å²) in [6.07, 6.45) is 0.379. The zero-order valence-electron chi connectivity index (χ0n) is 13.2. The molecule has 118 valence electrons. The molecule has 0 saturated carbocycles. The number of nitrogens with one attached hydrogen (secondary N) is 2. The molecule has 0 spiro atoms. The minimum atomic E-state index is -1.19. The molecular weight excluding hydrogens is 432 g/mol. The van der Waals surface area contributed by atoms with Crippen molar-refractivity contribution in [2.45, 2.75) is 18.6 Å². The number of aromatic nitrogens is 1. The fourth-order valence-electron chi connectivity index (χ4n) is 2.73. The van der Waals surface area contributed by atoms with Gasteiger partial charge in [0.1, 0.15) is 12.2 Å². The van der Waals surface area contributed by atoms with Crippen molar-refractivity contribution in [1.29, 1.82) is 5.26 Å². The van der Waals surface area contributed by atoms with Gasteiger partial charge >= 0.3 is 68.9 Å². The number of carbonyl (C=O) groups is 2. The van der Waals surface area contributed by atoms with Crippen molar-refractivity contribution >= 4 is 22.7 Å². The Kier molecular flexibility index (Phi) is 6.91. The van der Waals surface area contributed by atoms with Gasteiger partial charge in [-0.15, -0.1) is 0 Å². The largest absolute Gasteiger partial charge is 1.00 e. The molecule has 8 heteroatoms. The Morgan fingerprint density at radius 2 is 2.33 bits per heavy atom. The Morgan fingerprint density at radius 1 is 1.54 bits per heavy atom. The third-order valence-electron chi connectivity index (χ3n) is 3.87. The van der Waals surface area contributed by atoms with E-state index in [0.717, 1.165) is 0 Å². The summed E-state index contributed by atoms with van der Waals surface area (Å²) >= 11 is 0. The Morgan fingerprint density at radius 3 is 3.08 bits per heavy atom. The van der Waals surface area contributed by atoms with Crippen LogP contribution >= 0.6 is 0 Å². The number of nitrogens with zero attached hydrogens (tertiary/aromatic N) is 2. The Balaban J connectivity index is 0.00000208. The van der Waals surface area contributed by atoms with Crippen LogP contribution in [0.25, 0.3) is 10.9 Å². The average molecular weight is 446 g/mol. The number of benzene rings is 1. The SMILES string of the molecule is N#C[C@@H]1CC(F)CN1C(=O)CNC(=O)c1c[nH]c2[c-]cccc12.[Cs+]. The smallest absolute Gasteiger partial charge is 0.384 e. The molecule has 1 aromatic heterocycles. The van der Waals surface area contributed by atoms with E-state index in [2.05, 4.69) is 16.4 Å². The topological polar surface area (TPSA) is 89.0 Å². The monoisotopic (exact) mass is 446 g/mol. The average Bonchev–Trinajstić information content (AvgIpc) is 3.15. The maximum Gasteiger partial charge on any atom is 1.00 e. The fourth-order valence-corrected chi connectivity index (χ4v) is 2.73. The maximum atomic E-state index is 13.3. The number of H-pyrrole nitrogens is 1. The number of likely N-dealkylation sites (tertiary alicyclic amines) is 1. The molecule has 0 aliphatic carbocycles. The summed E-state index contributed by atoms with van der Waals surface area (Å²) < 4.78 is 13.3. The third kappa shape index (κ3) is 4.04.